The number of halogens is 1. The molecule has 0 N–H and O–H groups in total. The van der Waals surface area contributed by atoms with Gasteiger partial charge < -0.3 is 9.42 Å². The van der Waals surface area contributed by atoms with Crippen molar-refractivity contribution in [3.8, 4) is 11.5 Å². The van der Waals surface area contributed by atoms with E-state index in [0.717, 1.165) is 16.8 Å². The van der Waals surface area contributed by atoms with E-state index in [0.29, 0.717) is 29.7 Å². The number of hydrogen-bond acceptors (Lipinski definition) is 4. The lowest BCUT2D eigenvalue weighted by Crippen LogP contribution is -2.24. The lowest BCUT2D eigenvalue weighted by Gasteiger charge is -2.17. The van der Waals surface area contributed by atoms with Gasteiger partial charge in [0.1, 0.15) is 0 Å². The zero-order chi connectivity index (χ0) is 17.4. The number of carbonyl (C=O) groups is 1. The zero-order valence-electron chi connectivity index (χ0n) is 13.6. The number of carbonyl (C=O) groups excluding carboxylic acids is 1. The lowest BCUT2D eigenvalue weighted by molar-refractivity contribution is -0.117. The Morgan fingerprint density at radius 2 is 1.92 bits per heavy atom. The Morgan fingerprint density at radius 3 is 2.72 bits per heavy atom. The fourth-order valence-corrected chi connectivity index (χ4v) is 3.34. The van der Waals surface area contributed by atoms with Gasteiger partial charge in [-0.05, 0) is 30.7 Å². The number of aryl methyl sites for hydroxylation is 1. The van der Waals surface area contributed by atoms with Crippen LogP contribution in [0.1, 0.15) is 23.7 Å². The molecule has 1 fully saturated rings. The van der Waals surface area contributed by atoms with E-state index in [1.165, 1.54) is 0 Å². The van der Waals surface area contributed by atoms with E-state index < -0.39 is 0 Å². The summed E-state index contributed by atoms with van der Waals surface area (Å²) in [5.41, 5.74) is 2.70. The molecular weight excluding hydrogens is 338 g/mol. The number of benzene rings is 2. The molecule has 0 radical (unpaired) electrons. The average molecular weight is 354 g/mol. The van der Waals surface area contributed by atoms with Crippen molar-refractivity contribution in [1.29, 1.82) is 0 Å². The second-order valence-corrected chi connectivity index (χ2v) is 6.54. The summed E-state index contributed by atoms with van der Waals surface area (Å²) < 4.78 is 5.43. The Labute approximate surface area is 150 Å². The summed E-state index contributed by atoms with van der Waals surface area (Å²) in [4.78, 5) is 18.6. The van der Waals surface area contributed by atoms with Gasteiger partial charge in [0.05, 0.1) is 10.7 Å². The third-order valence-electron chi connectivity index (χ3n) is 4.45. The molecule has 25 heavy (non-hydrogen) atoms. The Morgan fingerprint density at radius 1 is 1.16 bits per heavy atom. The van der Waals surface area contributed by atoms with E-state index in [2.05, 4.69) is 10.1 Å². The minimum Gasteiger partial charge on any atom is -0.334 e. The molecule has 0 aliphatic carbocycles. The molecule has 1 atom stereocenters. The molecule has 3 aromatic rings. The van der Waals surface area contributed by atoms with Crippen molar-refractivity contribution >= 4 is 23.2 Å². The van der Waals surface area contributed by atoms with Crippen molar-refractivity contribution in [3.63, 3.8) is 0 Å². The normalized spacial score (nSPS) is 17.3. The van der Waals surface area contributed by atoms with Gasteiger partial charge in [0.15, 0.2) is 5.82 Å². The Hall–Kier alpha value is -2.66. The largest absolute Gasteiger partial charge is 0.334 e. The maximum Gasteiger partial charge on any atom is 0.258 e. The highest BCUT2D eigenvalue weighted by atomic mass is 35.5. The predicted molar refractivity (Wildman–Crippen MR) is 95.6 cm³/mol. The van der Waals surface area contributed by atoms with E-state index in [1.54, 1.807) is 11.0 Å². The van der Waals surface area contributed by atoms with Gasteiger partial charge in [-0.15, -0.1) is 0 Å². The van der Waals surface area contributed by atoms with Gasteiger partial charge >= 0.3 is 0 Å². The first kappa shape index (κ1) is 15.8. The van der Waals surface area contributed by atoms with Crippen molar-refractivity contribution in [2.24, 2.45) is 0 Å². The quantitative estimate of drug-likeness (QED) is 0.707. The van der Waals surface area contributed by atoms with Crippen LogP contribution in [0.2, 0.25) is 5.02 Å². The lowest BCUT2D eigenvalue weighted by atomic mass is 10.1. The fourth-order valence-electron chi connectivity index (χ4n) is 3.11. The van der Waals surface area contributed by atoms with Crippen molar-refractivity contribution < 1.29 is 9.32 Å². The second kappa shape index (κ2) is 6.33. The van der Waals surface area contributed by atoms with E-state index in [9.17, 15) is 4.79 Å². The van der Waals surface area contributed by atoms with Crippen molar-refractivity contribution in [2.75, 3.05) is 11.4 Å². The zero-order valence-corrected chi connectivity index (χ0v) is 14.4. The van der Waals surface area contributed by atoms with Gasteiger partial charge in [0.25, 0.3) is 5.89 Å². The van der Waals surface area contributed by atoms with Crippen molar-refractivity contribution in [3.05, 3.63) is 64.9 Å². The molecule has 0 spiro atoms. The van der Waals surface area contributed by atoms with Gasteiger partial charge in [-0.1, -0.05) is 47.1 Å². The molecule has 0 saturated carbocycles. The molecule has 1 aliphatic rings. The molecule has 5 nitrogen and oxygen atoms in total. The Kier molecular flexibility index (Phi) is 4.01. The van der Waals surface area contributed by atoms with Crippen LogP contribution < -0.4 is 4.90 Å². The first-order chi connectivity index (χ1) is 12.1. The maximum absolute atomic E-state index is 12.4. The molecule has 1 aliphatic heterocycles. The van der Waals surface area contributed by atoms with Gasteiger partial charge in [-0.3, -0.25) is 4.79 Å². The Bertz CT molecular complexity index is 938. The fraction of sp³-hybridized carbons (Fsp3) is 0.211. The summed E-state index contributed by atoms with van der Waals surface area (Å²) in [6.45, 7) is 2.49. The number of nitrogens with zero attached hydrogens (tertiary/aromatic N) is 3. The van der Waals surface area contributed by atoms with Crippen LogP contribution in [0, 0.1) is 6.92 Å². The van der Waals surface area contributed by atoms with Crippen LogP contribution in [0.3, 0.4) is 0 Å². The van der Waals surface area contributed by atoms with Gasteiger partial charge in [-0.25, -0.2) is 0 Å². The number of hydrogen-bond donors (Lipinski definition) is 0. The van der Waals surface area contributed by atoms with Gasteiger partial charge in [0.2, 0.25) is 5.91 Å². The molecule has 126 valence electrons. The highest BCUT2D eigenvalue weighted by Gasteiger charge is 2.35. The number of rotatable bonds is 3. The summed E-state index contributed by atoms with van der Waals surface area (Å²) in [6.07, 6.45) is 0.345. The van der Waals surface area contributed by atoms with Crippen LogP contribution in [0.4, 0.5) is 5.69 Å². The van der Waals surface area contributed by atoms with Gasteiger partial charge in [0, 0.05) is 24.4 Å². The third-order valence-corrected chi connectivity index (χ3v) is 4.77. The summed E-state index contributed by atoms with van der Waals surface area (Å²) in [6, 6.07) is 15.2. The standard InChI is InChI=1S/C19H16ClN3O2/c1-12-6-2-3-7-14(12)19-21-18(22-25-19)13-10-17(24)23(11-13)16-9-5-4-8-15(16)20/h2-9,13H,10-11H2,1H3. The molecule has 0 bridgehead atoms. The summed E-state index contributed by atoms with van der Waals surface area (Å²) in [5.74, 6) is 0.948. The minimum atomic E-state index is -0.106. The second-order valence-electron chi connectivity index (χ2n) is 6.13. The van der Waals surface area contributed by atoms with E-state index >= 15 is 0 Å². The van der Waals surface area contributed by atoms with Crippen molar-refractivity contribution in [1.82, 2.24) is 10.1 Å². The smallest absolute Gasteiger partial charge is 0.258 e. The average Bonchev–Trinajstić information content (AvgIpc) is 3.23. The number of anilines is 1. The summed E-state index contributed by atoms with van der Waals surface area (Å²) >= 11 is 6.22. The van der Waals surface area contributed by atoms with Crippen LogP contribution in [0.25, 0.3) is 11.5 Å². The highest BCUT2D eigenvalue weighted by molar-refractivity contribution is 6.33. The molecule has 2 aromatic carbocycles. The van der Waals surface area contributed by atoms with E-state index in [1.807, 2.05) is 49.4 Å². The molecule has 1 amide bonds. The Balaban J connectivity index is 1.59. The van der Waals surface area contributed by atoms with Crippen LogP contribution in [-0.4, -0.2) is 22.6 Å². The minimum absolute atomic E-state index is 0.0142. The van der Waals surface area contributed by atoms with Crippen LogP contribution in [0.5, 0.6) is 0 Å². The van der Waals surface area contributed by atoms with E-state index in [-0.39, 0.29) is 11.8 Å². The number of aromatic nitrogens is 2. The summed E-state index contributed by atoms with van der Waals surface area (Å²) in [5, 5.41) is 4.66. The number of amides is 1. The molecule has 1 aromatic heterocycles. The summed E-state index contributed by atoms with van der Waals surface area (Å²) in [7, 11) is 0. The van der Waals surface area contributed by atoms with Crippen LogP contribution in [-0.2, 0) is 4.79 Å². The molecular formula is C19H16ClN3O2. The highest BCUT2D eigenvalue weighted by Crippen LogP contribution is 2.35. The van der Waals surface area contributed by atoms with Crippen LogP contribution in [0.15, 0.2) is 53.1 Å². The molecule has 4 rings (SSSR count). The topological polar surface area (TPSA) is 59.2 Å². The first-order valence-corrected chi connectivity index (χ1v) is 8.46. The number of para-hydroxylation sites is 1. The van der Waals surface area contributed by atoms with E-state index in [4.69, 9.17) is 16.1 Å². The van der Waals surface area contributed by atoms with Crippen LogP contribution >= 0.6 is 11.6 Å². The maximum atomic E-state index is 12.4. The first-order valence-electron chi connectivity index (χ1n) is 8.08. The molecule has 2 heterocycles. The monoisotopic (exact) mass is 353 g/mol. The third kappa shape index (κ3) is 2.91. The SMILES string of the molecule is Cc1ccccc1-c1nc(C2CC(=O)N(c3ccccc3Cl)C2)no1. The molecule has 1 saturated heterocycles. The predicted octanol–water partition coefficient (Wildman–Crippen LogP) is 4.22. The van der Waals surface area contributed by atoms with Gasteiger partial charge in [-0.2, -0.15) is 4.98 Å². The molecule has 6 heteroatoms. The molecule has 1 unspecified atom stereocenters. The van der Waals surface area contributed by atoms with Crippen molar-refractivity contribution in [2.45, 2.75) is 19.3 Å².